The molecule has 2 heterocycles. The average Bonchev–Trinajstić information content (AvgIpc) is 3.22. The van der Waals surface area contributed by atoms with E-state index in [-0.39, 0.29) is 0 Å². The van der Waals surface area contributed by atoms with Gasteiger partial charge in [0.2, 0.25) is 0 Å². The number of rotatable bonds is 9. The number of hydrogen-bond donors (Lipinski definition) is 3. The Hall–Kier alpha value is -2.51. The molecule has 1 saturated heterocycles. The fourth-order valence-electron chi connectivity index (χ4n) is 3.39. The minimum absolute atomic E-state index is 0.299. The van der Waals surface area contributed by atoms with E-state index in [1.807, 2.05) is 12.1 Å². The molecular weight excluding hydrogens is 400 g/mol. The van der Waals surface area contributed by atoms with Gasteiger partial charge in [-0.3, -0.25) is 0 Å². The Bertz CT molecular complexity index is 814. The van der Waals surface area contributed by atoms with Gasteiger partial charge in [0, 0.05) is 51.2 Å². The number of anilines is 2. The molecule has 0 saturated carbocycles. The first-order valence-electron chi connectivity index (χ1n) is 10.4. The molecule has 1 fully saturated rings. The Morgan fingerprint density at radius 1 is 1.30 bits per heavy atom. The fraction of sp³-hybridized carbons (Fsp3) is 0.455. The van der Waals surface area contributed by atoms with Crippen molar-refractivity contribution in [3.8, 4) is 0 Å². The van der Waals surface area contributed by atoms with Crippen molar-refractivity contribution in [2.45, 2.75) is 25.9 Å². The quantitative estimate of drug-likeness (QED) is 0.322. The molecule has 2 aromatic rings. The van der Waals surface area contributed by atoms with Crippen LogP contribution in [0.3, 0.4) is 0 Å². The molecule has 0 amide bonds. The van der Waals surface area contributed by atoms with Crippen molar-refractivity contribution in [3.63, 3.8) is 0 Å². The van der Waals surface area contributed by atoms with Gasteiger partial charge in [0.15, 0.2) is 5.96 Å². The highest BCUT2D eigenvalue weighted by molar-refractivity contribution is 6.32. The van der Waals surface area contributed by atoms with Crippen LogP contribution in [-0.4, -0.2) is 56.9 Å². The summed E-state index contributed by atoms with van der Waals surface area (Å²) in [5, 5.41) is 10.9. The number of aliphatic imine (C=N–C) groups is 1. The van der Waals surface area contributed by atoms with Crippen LogP contribution in [0.15, 0.2) is 47.6 Å². The van der Waals surface area contributed by atoms with Crippen molar-refractivity contribution >= 4 is 29.1 Å². The van der Waals surface area contributed by atoms with Gasteiger partial charge < -0.3 is 25.6 Å². The number of halogens is 1. The third-order valence-electron chi connectivity index (χ3n) is 4.92. The molecule has 1 aliphatic rings. The highest BCUT2D eigenvalue weighted by Gasteiger charge is 2.25. The Labute approximate surface area is 183 Å². The van der Waals surface area contributed by atoms with Crippen molar-refractivity contribution < 1.29 is 4.74 Å². The van der Waals surface area contributed by atoms with E-state index in [2.05, 4.69) is 57.0 Å². The van der Waals surface area contributed by atoms with E-state index in [1.165, 1.54) is 0 Å². The lowest BCUT2D eigenvalue weighted by atomic mass is 10.2. The zero-order valence-electron chi connectivity index (χ0n) is 17.7. The molecule has 0 bridgehead atoms. The largest absolute Gasteiger partial charge is 0.383 e. The lowest BCUT2D eigenvalue weighted by Gasteiger charge is -2.20. The highest BCUT2D eigenvalue weighted by Crippen LogP contribution is 2.25. The summed E-state index contributed by atoms with van der Waals surface area (Å²) in [5.41, 5.74) is 2.25. The number of nitrogens with zero attached hydrogens (tertiary/aromatic N) is 3. The van der Waals surface area contributed by atoms with E-state index in [1.54, 1.807) is 13.3 Å². The van der Waals surface area contributed by atoms with E-state index in [9.17, 15) is 0 Å². The zero-order chi connectivity index (χ0) is 21.2. The third kappa shape index (κ3) is 6.50. The van der Waals surface area contributed by atoms with Gasteiger partial charge in [0.05, 0.1) is 18.2 Å². The number of ether oxygens (including phenoxy) is 1. The second-order valence-corrected chi connectivity index (χ2v) is 7.60. The second-order valence-electron chi connectivity index (χ2n) is 7.20. The van der Waals surface area contributed by atoms with Crippen LogP contribution < -0.4 is 20.9 Å². The van der Waals surface area contributed by atoms with Crippen molar-refractivity contribution in [3.05, 3.63) is 53.2 Å². The lowest BCUT2D eigenvalue weighted by Crippen LogP contribution is -2.44. The SMILES string of the molecule is CCNC(=NCc1ccc(NCCOC)cc1)NC1CCN(c2ncccc2Cl)C1. The van der Waals surface area contributed by atoms with Crippen LogP contribution in [0, 0.1) is 0 Å². The van der Waals surface area contributed by atoms with Crippen molar-refractivity contribution in [1.29, 1.82) is 0 Å². The van der Waals surface area contributed by atoms with Crippen LogP contribution in [0.5, 0.6) is 0 Å². The summed E-state index contributed by atoms with van der Waals surface area (Å²) >= 11 is 6.30. The van der Waals surface area contributed by atoms with Crippen molar-refractivity contribution in [1.82, 2.24) is 15.6 Å². The van der Waals surface area contributed by atoms with Crippen LogP contribution in [0.25, 0.3) is 0 Å². The molecule has 7 nitrogen and oxygen atoms in total. The lowest BCUT2D eigenvalue weighted by molar-refractivity contribution is 0.211. The van der Waals surface area contributed by atoms with Gasteiger partial charge in [-0.25, -0.2) is 9.98 Å². The van der Waals surface area contributed by atoms with Gasteiger partial charge in [0.1, 0.15) is 5.82 Å². The molecule has 0 spiro atoms. The third-order valence-corrected chi connectivity index (χ3v) is 5.22. The smallest absolute Gasteiger partial charge is 0.191 e. The molecule has 8 heteroatoms. The molecule has 1 aliphatic heterocycles. The van der Waals surface area contributed by atoms with Crippen LogP contribution >= 0.6 is 11.6 Å². The summed E-state index contributed by atoms with van der Waals surface area (Å²) < 4.78 is 5.06. The summed E-state index contributed by atoms with van der Waals surface area (Å²) in [7, 11) is 1.70. The van der Waals surface area contributed by atoms with Gasteiger partial charge in [-0.05, 0) is 43.2 Å². The number of pyridine rings is 1. The van der Waals surface area contributed by atoms with E-state index in [0.29, 0.717) is 24.2 Å². The summed E-state index contributed by atoms with van der Waals surface area (Å²) in [5.74, 6) is 1.68. The van der Waals surface area contributed by atoms with Crippen LogP contribution in [0.1, 0.15) is 18.9 Å². The average molecular weight is 431 g/mol. The van der Waals surface area contributed by atoms with Gasteiger partial charge in [0.25, 0.3) is 0 Å². The van der Waals surface area contributed by atoms with Crippen molar-refractivity contribution in [2.75, 3.05) is 50.1 Å². The molecule has 1 aromatic carbocycles. The standard InChI is InChI=1S/C22H31ClN6O/c1-3-24-22(27-15-17-6-8-18(9-7-17)25-12-14-30-2)28-19-10-13-29(16-19)21-20(23)5-4-11-26-21/h4-9,11,19,25H,3,10,12-16H2,1-2H3,(H2,24,27,28). The maximum absolute atomic E-state index is 6.30. The molecule has 0 aliphatic carbocycles. The molecule has 0 radical (unpaired) electrons. The summed E-state index contributed by atoms with van der Waals surface area (Å²) in [6, 6.07) is 12.4. The first-order chi connectivity index (χ1) is 14.7. The van der Waals surface area contributed by atoms with Crippen LogP contribution in [0.4, 0.5) is 11.5 Å². The van der Waals surface area contributed by atoms with Crippen LogP contribution in [-0.2, 0) is 11.3 Å². The molecule has 1 atom stereocenters. The molecule has 3 N–H and O–H groups in total. The van der Waals surface area contributed by atoms with Crippen molar-refractivity contribution in [2.24, 2.45) is 4.99 Å². The van der Waals surface area contributed by atoms with Gasteiger partial charge in [-0.2, -0.15) is 0 Å². The summed E-state index contributed by atoms with van der Waals surface area (Å²) in [6.45, 7) is 6.77. The maximum atomic E-state index is 6.30. The molecule has 3 rings (SSSR count). The zero-order valence-corrected chi connectivity index (χ0v) is 18.5. The molecule has 30 heavy (non-hydrogen) atoms. The minimum atomic E-state index is 0.299. The summed E-state index contributed by atoms with van der Waals surface area (Å²) in [6.07, 6.45) is 2.80. The van der Waals surface area contributed by atoms with Gasteiger partial charge in [-0.1, -0.05) is 23.7 Å². The first-order valence-corrected chi connectivity index (χ1v) is 10.8. The number of hydrogen-bond acceptors (Lipinski definition) is 5. The van der Waals surface area contributed by atoms with Gasteiger partial charge >= 0.3 is 0 Å². The Morgan fingerprint density at radius 3 is 2.87 bits per heavy atom. The van der Waals surface area contributed by atoms with E-state index < -0.39 is 0 Å². The predicted octanol–water partition coefficient (Wildman–Crippen LogP) is 3.13. The topological polar surface area (TPSA) is 73.8 Å². The highest BCUT2D eigenvalue weighted by atomic mass is 35.5. The van der Waals surface area contributed by atoms with E-state index in [4.69, 9.17) is 21.3 Å². The molecule has 1 unspecified atom stereocenters. The first kappa shape index (κ1) is 22.2. The Kier molecular flexibility index (Phi) is 8.59. The number of aromatic nitrogens is 1. The number of methoxy groups -OCH3 is 1. The fourth-order valence-corrected chi connectivity index (χ4v) is 3.63. The van der Waals surface area contributed by atoms with E-state index in [0.717, 1.165) is 55.6 Å². The predicted molar refractivity (Wildman–Crippen MR) is 125 cm³/mol. The number of guanidine groups is 1. The normalized spacial score (nSPS) is 16.6. The monoisotopic (exact) mass is 430 g/mol. The Balaban J connectivity index is 1.54. The second kappa shape index (κ2) is 11.6. The minimum Gasteiger partial charge on any atom is -0.383 e. The Morgan fingerprint density at radius 2 is 2.13 bits per heavy atom. The summed E-state index contributed by atoms with van der Waals surface area (Å²) in [4.78, 5) is 11.4. The molecule has 162 valence electrons. The molecular formula is C22H31ClN6O. The van der Waals surface area contributed by atoms with E-state index >= 15 is 0 Å². The number of nitrogens with one attached hydrogen (secondary N) is 3. The maximum Gasteiger partial charge on any atom is 0.191 e. The molecule has 1 aromatic heterocycles. The van der Waals surface area contributed by atoms with Crippen LogP contribution in [0.2, 0.25) is 5.02 Å². The number of benzene rings is 1. The van der Waals surface area contributed by atoms with Gasteiger partial charge in [-0.15, -0.1) is 0 Å².